The van der Waals surface area contributed by atoms with Gasteiger partial charge in [-0.05, 0) is 40.5 Å². The van der Waals surface area contributed by atoms with E-state index in [2.05, 4.69) is 73.7 Å². The number of nitrogens with zero attached hydrogens (tertiary/aromatic N) is 4. The van der Waals surface area contributed by atoms with Gasteiger partial charge in [-0.2, -0.15) is 0 Å². The van der Waals surface area contributed by atoms with Crippen molar-refractivity contribution in [2.45, 2.75) is 26.2 Å². The fraction of sp³-hybridized carbons (Fsp3) is 0.333. The number of benzene rings is 2. The molecule has 2 aromatic rings. The standard InChI is InChI=1S/C18H20N4/c1-4-21-12-22(20-19-21)16-11-7-9-14-13-8-5-6-10-15(13)18(2,3)17(14)16/h5-11H,4,12H2,1-3H3. The lowest BCUT2D eigenvalue weighted by atomic mass is 9.81. The molecule has 4 heteroatoms. The van der Waals surface area contributed by atoms with Gasteiger partial charge in [0.1, 0.15) is 6.67 Å². The molecule has 0 N–H and O–H groups in total. The van der Waals surface area contributed by atoms with Crippen molar-refractivity contribution in [3.05, 3.63) is 53.6 Å². The van der Waals surface area contributed by atoms with Crippen molar-refractivity contribution < 1.29 is 0 Å². The van der Waals surface area contributed by atoms with Crippen molar-refractivity contribution in [3.63, 3.8) is 0 Å². The Kier molecular flexibility index (Phi) is 2.76. The Hall–Kier alpha value is -2.36. The summed E-state index contributed by atoms with van der Waals surface area (Å²) < 4.78 is 0. The Morgan fingerprint density at radius 3 is 2.55 bits per heavy atom. The molecule has 22 heavy (non-hydrogen) atoms. The third-order valence-electron chi connectivity index (χ3n) is 4.77. The second-order valence-electron chi connectivity index (χ2n) is 6.41. The van der Waals surface area contributed by atoms with Crippen LogP contribution in [-0.4, -0.2) is 18.2 Å². The third-order valence-corrected chi connectivity index (χ3v) is 4.77. The molecule has 0 saturated carbocycles. The predicted molar refractivity (Wildman–Crippen MR) is 88.6 cm³/mol. The molecule has 2 aromatic carbocycles. The maximum atomic E-state index is 4.35. The maximum absolute atomic E-state index is 4.35. The van der Waals surface area contributed by atoms with E-state index in [0.717, 1.165) is 13.2 Å². The van der Waals surface area contributed by atoms with Gasteiger partial charge in [0.05, 0.1) is 5.69 Å². The fourth-order valence-electron chi connectivity index (χ4n) is 3.64. The van der Waals surface area contributed by atoms with Crippen molar-refractivity contribution in [3.8, 4) is 11.1 Å². The largest absolute Gasteiger partial charge is 0.256 e. The molecule has 0 amide bonds. The number of rotatable bonds is 2. The SMILES string of the molecule is CCN1CN(c2cccc3c2C(C)(C)c2ccccc2-3)N=N1. The first kappa shape index (κ1) is 13.3. The summed E-state index contributed by atoms with van der Waals surface area (Å²) in [5, 5.41) is 12.5. The van der Waals surface area contributed by atoms with E-state index in [-0.39, 0.29) is 5.41 Å². The first-order valence-corrected chi connectivity index (χ1v) is 7.80. The van der Waals surface area contributed by atoms with Crippen molar-refractivity contribution in [2.75, 3.05) is 18.2 Å². The smallest absolute Gasteiger partial charge is 0.132 e. The zero-order valence-corrected chi connectivity index (χ0v) is 13.2. The lowest BCUT2D eigenvalue weighted by Crippen LogP contribution is -2.27. The van der Waals surface area contributed by atoms with Gasteiger partial charge in [-0.25, -0.2) is 5.01 Å². The highest BCUT2D eigenvalue weighted by Crippen LogP contribution is 2.52. The van der Waals surface area contributed by atoms with Gasteiger partial charge in [-0.1, -0.05) is 55.5 Å². The highest BCUT2D eigenvalue weighted by molar-refractivity contribution is 5.86. The van der Waals surface area contributed by atoms with Crippen molar-refractivity contribution >= 4 is 5.69 Å². The maximum Gasteiger partial charge on any atom is 0.132 e. The minimum atomic E-state index is -0.0162. The van der Waals surface area contributed by atoms with Gasteiger partial charge in [-0.3, -0.25) is 5.01 Å². The molecule has 0 bridgehead atoms. The van der Waals surface area contributed by atoms with E-state index in [0.29, 0.717) is 0 Å². The van der Waals surface area contributed by atoms with Crippen LogP contribution in [0.4, 0.5) is 5.69 Å². The second-order valence-corrected chi connectivity index (χ2v) is 6.41. The molecule has 0 unspecified atom stereocenters. The summed E-state index contributed by atoms with van der Waals surface area (Å²) in [4.78, 5) is 0. The van der Waals surface area contributed by atoms with E-state index in [1.165, 1.54) is 27.9 Å². The first-order chi connectivity index (χ1) is 10.6. The molecular formula is C18H20N4. The number of hydrogen-bond acceptors (Lipinski definition) is 4. The molecule has 0 aromatic heterocycles. The molecule has 112 valence electrons. The molecule has 1 aliphatic carbocycles. The van der Waals surface area contributed by atoms with E-state index in [1.54, 1.807) is 0 Å². The number of anilines is 1. The van der Waals surface area contributed by atoms with Crippen LogP contribution in [0.15, 0.2) is 52.9 Å². The summed E-state index contributed by atoms with van der Waals surface area (Å²) in [6, 6.07) is 15.2. The van der Waals surface area contributed by atoms with Gasteiger partial charge in [0, 0.05) is 12.0 Å². The second kappa shape index (κ2) is 4.57. The van der Waals surface area contributed by atoms with E-state index >= 15 is 0 Å². The third kappa shape index (κ3) is 1.70. The van der Waals surface area contributed by atoms with Crippen LogP contribution >= 0.6 is 0 Å². The van der Waals surface area contributed by atoms with Crippen molar-refractivity contribution in [2.24, 2.45) is 10.4 Å². The summed E-state index contributed by atoms with van der Waals surface area (Å²) >= 11 is 0. The molecule has 0 fully saturated rings. The fourth-order valence-corrected chi connectivity index (χ4v) is 3.64. The van der Waals surface area contributed by atoms with E-state index in [9.17, 15) is 0 Å². The topological polar surface area (TPSA) is 31.2 Å². The molecule has 0 saturated heterocycles. The van der Waals surface area contributed by atoms with Gasteiger partial charge in [0.15, 0.2) is 0 Å². The Morgan fingerprint density at radius 1 is 1.00 bits per heavy atom. The van der Waals surface area contributed by atoms with Crippen LogP contribution in [0, 0.1) is 0 Å². The van der Waals surface area contributed by atoms with E-state index in [1.807, 2.05) is 10.0 Å². The first-order valence-electron chi connectivity index (χ1n) is 7.80. The van der Waals surface area contributed by atoms with Crippen LogP contribution in [0.2, 0.25) is 0 Å². The summed E-state index contributed by atoms with van der Waals surface area (Å²) in [6.07, 6.45) is 0. The highest BCUT2D eigenvalue weighted by atomic mass is 15.8. The van der Waals surface area contributed by atoms with Gasteiger partial charge >= 0.3 is 0 Å². The Balaban J connectivity index is 1.88. The highest BCUT2D eigenvalue weighted by Gasteiger charge is 2.38. The van der Waals surface area contributed by atoms with Crippen LogP contribution < -0.4 is 5.01 Å². The lowest BCUT2D eigenvalue weighted by molar-refractivity contribution is 0.334. The number of fused-ring (bicyclic) bond motifs is 3. The minimum Gasteiger partial charge on any atom is -0.256 e. The van der Waals surface area contributed by atoms with E-state index in [4.69, 9.17) is 0 Å². The zero-order valence-electron chi connectivity index (χ0n) is 13.2. The average Bonchev–Trinajstić information content (AvgIpc) is 3.10. The minimum absolute atomic E-state index is 0.0162. The van der Waals surface area contributed by atoms with Crippen LogP contribution in [-0.2, 0) is 5.41 Å². The van der Waals surface area contributed by atoms with Crippen LogP contribution in [0.5, 0.6) is 0 Å². The quantitative estimate of drug-likeness (QED) is 0.822. The van der Waals surface area contributed by atoms with Crippen LogP contribution in [0.1, 0.15) is 31.9 Å². The van der Waals surface area contributed by atoms with Crippen molar-refractivity contribution in [1.29, 1.82) is 0 Å². The van der Waals surface area contributed by atoms with Gasteiger partial charge in [0.2, 0.25) is 0 Å². The average molecular weight is 292 g/mol. The monoisotopic (exact) mass is 292 g/mol. The van der Waals surface area contributed by atoms with E-state index < -0.39 is 0 Å². The van der Waals surface area contributed by atoms with Crippen LogP contribution in [0.25, 0.3) is 11.1 Å². The molecule has 1 heterocycles. The summed E-state index contributed by atoms with van der Waals surface area (Å²) in [6.45, 7) is 8.29. The Morgan fingerprint density at radius 2 is 1.77 bits per heavy atom. The molecule has 1 aliphatic heterocycles. The molecular weight excluding hydrogens is 272 g/mol. The normalized spacial score (nSPS) is 17.8. The zero-order chi connectivity index (χ0) is 15.3. The summed E-state index contributed by atoms with van der Waals surface area (Å²) in [5.41, 5.74) is 6.56. The molecule has 2 aliphatic rings. The number of hydrogen-bond donors (Lipinski definition) is 0. The predicted octanol–water partition coefficient (Wildman–Crippen LogP) is 4.37. The summed E-state index contributed by atoms with van der Waals surface area (Å²) in [7, 11) is 0. The van der Waals surface area contributed by atoms with Crippen LogP contribution in [0.3, 0.4) is 0 Å². The Labute approximate surface area is 131 Å². The molecule has 0 atom stereocenters. The summed E-state index contributed by atoms with van der Waals surface area (Å²) in [5.74, 6) is 0. The van der Waals surface area contributed by atoms with Gasteiger partial charge < -0.3 is 0 Å². The van der Waals surface area contributed by atoms with Crippen molar-refractivity contribution in [1.82, 2.24) is 5.01 Å². The Bertz CT molecular complexity index is 763. The molecule has 0 radical (unpaired) electrons. The lowest BCUT2D eigenvalue weighted by Gasteiger charge is -2.26. The van der Waals surface area contributed by atoms with Gasteiger partial charge in [0.25, 0.3) is 0 Å². The molecule has 4 nitrogen and oxygen atoms in total. The molecule has 4 rings (SSSR count). The van der Waals surface area contributed by atoms with Gasteiger partial charge in [-0.15, -0.1) is 0 Å². The molecule has 0 spiro atoms.